The number of nitrogens with zero attached hydrogens (tertiary/aromatic N) is 1. The van der Waals surface area contributed by atoms with Crippen LogP contribution in [0.15, 0.2) is 35.5 Å². The smallest absolute Gasteiger partial charge is 0.0811 e. The van der Waals surface area contributed by atoms with Gasteiger partial charge in [-0.2, -0.15) is 0 Å². The highest BCUT2D eigenvalue weighted by Crippen LogP contribution is 2.59. The summed E-state index contributed by atoms with van der Waals surface area (Å²) < 4.78 is 5.64. The van der Waals surface area contributed by atoms with Crippen LogP contribution in [0.3, 0.4) is 0 Å². The van der Waals surface area contributed by atoms with Crippen LogP contribution in [0, 0.1) is 23.2 Å². The van der Waals surface area contributed by atoms with Crippen LogP contribution in [0.4, 0.5) is 0 Å². The Hall–Kier alpha value is -0.940. The van der Waals surface area contributed by atoms with Gasteiger partial charge in [0.25, 0.3) is 0 Å². The van der Waals surface area contributed by atoms with Crippen LogP contribution in [-0.4, -0.2) is 59.7 Å². The SMILES string of the molecule is C=C1/C(=C/C=C2\CCC[C@]3(C)[C@@H]([C@H](C)CN4CCOC[C@@H]4C)CC[C@@H]23)CC(O)CC1O. The minimum Gasteiger partial charge on any atom is -0.393 e. The molecule has 174 valence electrons. The molecule has 1 saturated heterocycles. The Labute approximate surface area is 189 Å². The van der Waals surface area contributed by atoms with E-state index in [2.05, 4.69) is 44.4 Å². The summed E-state index contributed by atoms with van der Waals surface area (Å²) in [5, 5.41) is 20.2. The largest absolute Gasteiger partial charge is 0.393 e. The number of fused-ring (bicyclic) bond motifs is 1. The zero-order valence-corrected chi connectivity index (χ0v) is 19.9. The van der Waals surface area contributed by atoms with E-state index in [1.165, 1.54) is 38.6 Å². The van der Waals surface area contributed by atoms with E-state index in [0.717, 1.165) is 36.8 Å². The highest BCUT2D eigenvalue weighted by Gasteiger charge is 2.50. The maximum absolute atomic E-state index is 10.2. The highest BCUT2D eigenvalue weighted by atomic mass is 16.5. The van der Waals surface area contributed by atoms with Crippen molar-refractivity contribution in [1.29, 1.82) is 0 Å². The van der Waals surface area contributed by atoms with Crippen LogP contribution in [0.2, 0.25) is 0 Å². The topological polar surface area (TPSA) is 52.9 Å². The normalized spacial score (nSPS) is 43.4. The lowest BCUT2D eigenvalue weighted by atomic mass is 9.61. The Morgan fingerprint density at radius 3 is 2.87 bits per heavy atom. The van der Waals surface area contributed by atoms with Crippen LogP contribution in [0.25, 0.3) is 0 Å². The summed E-state index contributed by atoms with van der Waals surface area (Å²) in [7, 11) is 0. The molecule has 2 N–H and O–H groups in total. The maximum atomic E-state index is 10.2. The Balaban J connectivity index is 1.48. The molecule has 0 aromatic heterocycles. The van der Waals surface area contributed by atoms with Crippen molar-refractivity contribution in [3.05, 3.63) is 35.5 Å². The van der Waals surface area contributed by atoms with Crippen molar-refractivity contribution in [3.63, 3.8) is 0 Å². The number of hydrogen-bond acceptors (Lipinski definition) is 4. The lowest BCUT2D eigenvalue weighted by molar-refractivity contribution is -0.0176. The molecule has 4 aliphatic rings. The van der Waals surface area contributed by atoms with Crippen molar-refractivity contribution >= 4 is 0 Å². The van der Waals surface area contributed by atoms with Crippen LogP contribution in [0.5, 0.6) is 0 Å². The first-order chi connectivity index (χ1) is 14.8. The van der Waals surface area contributed by atoms with E-state index in [1.807, 2.05) is 0 Å². The van der Waals surface area contributed by atoms with Crippen LogP contribution >= 0.6 is 0 Å². The first-order valence-corrected chi connectivity index (χ1v) is 12.6. The summed E-state index contributed by atoms with van der Waals surface area (Å²) in [5.74, 6) is 2.15. The van der Waals surface area contributed by atoms with Gasteiger partial charge in [0, 0.05) is 25.6 Å². The number of morpholine rings is 1. The van der Waals surface area contributed by atoms with Gasteiger partial charge in [-0.25, -0.2) is 0 Å². The monoisotopic (exact) mass is 429 g/mol. The molecule has 0 spiro atoms. The van der Waals surface area contributed by atoms with Gasteiger partial charge in [0.15, 0.2) is 0 Å². The van der Waals surface area contributed by atoms with E-state index < -0.39 is 12.2 Å². The lowest BCUT2D eigenvalue weighted by Gasteiger charge is -2.46. The number of aliphatic hydroxyl groups excluding tert-OH is 2. The molecule has 4 heteroatoms. The van der Waals surface area contributed by atoms with Gasteiger partial charge >= 0.3 is 0 Å². The van der Waals surface area contributed by atoms with E-state index in [4.69, 9.17) is 4.74 Å². The molecule has 1 heterocycles. The fraction of sp³-hybridized carbons (Fsp3) is 0.778. The number of hydrogen-bond donors (Lipinski definition) is 2. The van der Waals surface area contributed by atoms with Crippen molar-refractivity contribution in [3.8, 4) is 0 Å². The van der Waals surface area contributed by atoms with E-state index in [9.17, 15) is 10.2 Å². The van der Waals surface area contributed by atoms with Crippen LogP contribution < -0.4 is 0 Å². The second kappa shape index (κ2) is 9.51. The van der Waals surface area contributed by atoms with Gasteiger partial charge in [0.05, 0.1) is 25.4 Å². The predicted molar refractivity (Wildman–Crippen MR) is 126 cm³/mol. The van der Waals surface area contributed by atoms with Crippen molar-refractivity contribution in [2.45, 2.75) is 84.0 Å². The third-order valence-electron chi connectivity index (χ3n) is 9.02. The molecule has 4 rings (SSSR count). The van der Waals surface area contributed by atoms with Crippen molar-refractivity contribution in [2.75, 3.05) is 26.3 Å². The molecule has 0 radical (unpaired) electrons. The number of ether oxygens (including phenoxy) is 1. The molecular formula is C27H43NO3. The third kappa shape index (κ3) is 4.73. The quantitative estimate of drug-likeness (QED) is 0.692. The summed E-state index contributed by atoms with van der Waals surface area (Å²) in [6.07, 6.45) is 10.9. The molecule has 3 aliphatic carbocycles. The van der Waals surface area contributed by atoms with Crippen LogP contribution in [-0.2, 0) is 4.74 Å². The second-order valence-corrected chi connectivity index (χ2v) is 11.1. The molecule has 0 bridgehead atoms. The van der Waals surface area contributed by atoms with E-state index in [-0.39, 0.29) is 0 Å². The number of rotatable bonds is 4. The zero-order chi connectivity index (χ0) is 22.2. The average molecular weight is 430 g/mol. The van der Waals surface area contributed by atoms with Gasteiger partial charge < -0.3 is 14.9 Å². The first-order valence-electron chi connectivity index (χ1n) is 12.6. The predicted octanol–water partition coefficient (Wildman–Crippen LogP) is 4.48. The summed E-state index contributed by atoms with van der Waals surface area (Å²) in [5.41, 5.74) is 3.78. The Bertz CT molecular complexity index is 728. The summed E-state index contributed by atoms with van der Waals surface area (Å²) in [6, 6.07) is 0.531. The van der Waals surface area contributed by atoms with E-state index >= 15 is 0 Å². The average Bonchev–Trinajstić information content (AvgIpc) is 3.09. The summed E-state index contributed by atoms with van der Waals surface area (Å²) in [6.45, 7) is 15.4. The summed E-state index contributed by atoms with van der Waals surface area (Å²) in [4.78, 5) is 2.64. The first kappa shape index (κ1) is 23.2. The van der Waals surface area contributed by atoms with Gasteiger partial charge in [0.2, 0.25) is 0 Å². The Kier molecular flexibility index (Phi) is 7.12. The lowest BCUT2D eigenvalue weighted by Crippen LogP contribution is -2.47. The third-order valence-corrected chi connectivity index (χ3v) is 9.02. The van der Waals surface area contributed by atoms with Crippen molar-refractivity contribution < 1.29 is 14.9 Å². The standard InChI is InChI=1S/C27H43NO3/c1-18(16-28-12-13-31-17-19(28)2)24-9-10-25-21(6-5-11-27(24,25)4)7-8-22-14-23(29)15-26(30)20(22)3/h7-8,18-19,23-26,29-30H,3,5-6,9-17H2,1-2,4H3/b21-7+,22-8+/t18-,19+,23?,24-,25+,26?,27-/m1/s1. The number of aliphatic hydroxyl groups is 2. The van der Waals surface area contributed by atoms with E-state index in [1.54, 1.807) is 5.57 Å². The summed E-state index contributed by atoms with van der Waals surface area (Å²) >= 11 is 0. The minimum absolute atomic E-state index is 0.389. The molecule has 1 aliphatic heterocycles. The molecule has 7 atom stereocenters. The van der Waals surface area contributed by atoms with Crippen LogP contribution in [0.1, 0.15) is 65.7 Å². The Morgan fingerprint density at radius 2 is 2.10 bits per heavy atom. The molecule has 3 saturated carbocycles. The minimum atomic E-state index is -0.607. The fourth-order valence-electron chi connectivity index (χ4n) is 7.21. The zero-order valence-electron chi connectivity index (χ0n) is 19.9. The van der Waals surface area contributed by atoms with E-state index in [0.29, 0.717) is 36.1 Å². The molecule has 0 aromatic carbocycles. The molecule has 31 heavy (non-hydrogen) atoms. The van der Waals surface area contributed by atoms with Gasteiger partial charge in [-0.15, -0.1) is 0 Å². The molecule has 4 nitrogen and oxygen atoms in total. The highest BCUT2D eigenvalue weighted by molar-refractivity contribution is 5.38. The van der Waals surface area contributed by atoms with Crippen molar-refractivity contribution in [2.24, 2.45) is 23.2 Å². The van der Waals surface area contributed by atoms with Gasteiger partial charge in [-0.05, 0) is 79.8 Å². The molecular weight excluding hydrogens is 386 g/mol. The second-order valence-electron chi connectivity index (χ2n) is 11.1. The molecule has 0 amide bonds. The fourth-order valence-corrected chi connectivity index (χ4v) is 7.21. The van der Waals surface area contributed by atoms with Gasteiger partial charge in [-0.1, -0.05) is 38.2 Å². The molecule has 4 fully saturated rings. The molecule has 0 aromatic rings. The molecule has 2 unspecified atom stereocenters. The van der Waals surface area contributed by atoms with Gasteiger partial charge in [-0.3, -0.25) is 4.90 Å². The van der Waals surface area contributed by atoms with Crippen molar-refractivity contribution in [1.82, 2.24) is 4.90 Å². The Morgan fingerprint density at radius 1 is 1.29 bits per heavy atom. The number of allylic oxidation sites excluding steroid dienone is 3. The maximum Gasteiger partial charge on any atom is 0.0811 e. The van der Waals surface area contributed by atoms with Gasteiger partial charge in [0.1, 0.15) is 0 Å².